The molecule has 0 amide bonds. The van der Waals surface area contributed by atoms with Crippen molar-refractivity contribution in [3.63, 3.8) is 0 Å². The predicted molar refractivity (Wildman–Crippen MR) is 76.6 cm³/mol. The van der Waals surface area contributed by atoms with Crippen LogP contribution in [0.3, 0.4) is 0 Å². The van der Waals surface area contributed by atoms with Gasteiger partial charge in [-0.25, -0.2) is 9.18 Å². The second kappa shape index (κ2) is 14.0. The van der Waals surface area contributed by atoms with E-state index in [-0.39, 0.29) is 0 Å². The molecule has 0 aliphatic carbocycles. The third-order valence-electron chi connectivity index (χ3n) is 1.94. The van der Waals surface area contributed by atoms with Crippen LogP contribution in [0.1, 0.15) is 34.1 Å². The van der Waals surface area contributed by atoms with Gasteiger partial charge < -0.3 is 19.3 Å². The third-order valence-corrected chi connectivity index (χ3v) is 2.86. The van der Waals surface area contributed by atoms with Crippen LogP contribution in [0.5, 0.6) is 0 Å². The minimum atomic E-state index is -4.50. The van der Waals surface area contributed by atoms with E-state index in [2.05, 4.69) is 9.47 Å². The van der Waals surface area contributed by atoms with Crippen LogP contribution in [-0.2, 0) is 23.6 Å². The van der Waals surface area contributed by atoms with Crippen molar-refractivity contribution in [2.45, 2.75) is 40.3 Å². The van der Waals surface area contributed by atoms with Crippen molar-refractivity contribution in [3.8, 4) is 0 Å². The van der Waals surface area contributed by atoms with Crippen molar-refractivity contribution in [3.05, 3.63) is 0 Å². The molecule has 0 heterocycles. The molecule has 0 aromatic rings. The zero-order valence-corrected chi connectivity index (χ0v) is 14.2. The van der Waals surface area contributed by atoms with E-state index in [1.54, 1.807) is 0 Å². The monoisotopic (exact) mass is 332 g/mol. The minimum absolute atomic E-state index is 0.690. The summed E-state index contributed by atoms with van der Waals surface area (Å²) in [4.78, 5) is 39.3. The molecule has 2 unspecified atom stereocenters. The average molecular weight is 332 g/mol. The van der Waals surface area contributed by atoms with Gasteiger partial charge in [0.15, 0.2) is 6.17 Å². The average Bonchev–Trinajstić information content (AvgIpc) is 2.47. The third kappa shape index (κ3) is 13.7. The number of alkyl halides is 1. The van der Waals surface area contributed by atoms with E-state index >= 15 is 0 Å². The molecule has 0 bridgehead atoms. The predicted octanol–water partition coefficient (Wildman–Crippen LogP) is 1.91. The molecule has 7 nitrogen and oxygen atoms in total. The molecule has 0 rings (SSSR count). The highest BCUT2D eigenvalue weighted by molar-refractivity contribution is 7.51. The number of carbonyl (C=O) groups excluding carboxylic acids is 2. The van der Waals surface area contributed by atoms with Crippen molar-refractivity contribution in [1.29, 1.82) is 0 Å². The molecule has 0 aliphatic rings. The van der Waals surface area contributed by atoms with Crippen LogP contribution in [0.25, 0.3) is 0 Å². The van der Waals surface area contributed by atoms with Crippen LogP contribution < -0.4 is 0 Å². The number of ether oxygens (including phenoxy) is 2. The maximum atomic E-state index is 13.2. The zero-order chi connectivity index (χ0) is 17.6. The number of hydrogen-bond donors (Lipinski definition) is 2. The van der Waals surface area contributed by atoms with Crippen molar-refractivity contribution >= 4 is 19.5 Å². The van der Waals surface area contributed by atoms with Gasteiger partial charge in [-0.05, 0) is 0 Å². The van der Waals surface area contributed by atoms with Gasteiger partial charge in [-0.15, -0.1) is 0 Å². The highest BCUT2D eigenvalue weighted by Gasteiger charge is 2.33. The van der Waals surface area contributed by atoms with Gasteiger partial charge in [0.2, 0.25) is 0 Å². The van der Waals surface area contributed by atoms with Crippen molar-refractivity contribution in [2.75, 3.05) is 20.4 Å². The van der Waals surface area contributed by atoms with E-state index in [9.17, 15) is 18.5 Å². The van der Waals surface area contributed by atoms with Crippen molar-refractivity contribution in [2.24, 2.45) is 5.92 Å². The van der Waals surface area contributed by atoms with Crippen molar-refractivity contribution in [1.82, 2.24) is 0 Å². The Kier molecular flexibility index (Phi) is 16.6. The van der Waals surface area contributed by atoms with Crippen molar-refractivity contribution < 1.29 is 37.8 Å². The standard InChI is InChI=1S/C8H14FO7P.2C2H6/c1-15-7(10)5(4-17(12,13)14)3-6(9)8(11)16-2;2*1-2/h5-6H,3-4H2,1-2H3,(H2,12,13,14);2*1-2H3. The van der Waals surface area contributed by atoms with E-state index < -0.39 is 44.2 Å². The Balaban J connectivity index is -0.000000739. The molecule has 2 atom stereocenters. The van der Waals surface area contributed by atoms with Gasteiger partial charge >= 0.3 is 19.5 Å². The molecule has 0 aromatic heterocycles. The first-order valence-electron chi connectivity index (χ1n) is 6.55. The number of methoxy groups -OCH3 is 2. The Hall–Kier alpha value is -0.980. The first-order valence-corrected chi connectivity index (χ1v) is 8.35. The molecule has 0 aliphatic heterocycles. The maximum absolute atomic E-state index is 13.2. The Morgan fingerprint density at radius 1 is 1.05 bits per heavy atom. The molecule has 2 N–H and O–H groups in total. The highest BCUT2D eigenvalue weighted by Crippen LogP contribution is 2.38. The smallest absolute Gasteiger partial charge is 0.340 e. The molecule has 0 aromatic carbocycles. The largest absolute Gasteiger partial charge is 0.469 e. The summed E-state index contributed by atoms with van der Waals surface area (Å²) in [5.41, 5.74) is 0. The number of rotatable bonds is 6. The second-order valence-electron chi connectivity index (χ2n) is 3.29. The summed E-state index contributed by atoms with van der Waals surface area (Å²) < 4.78 is 32.3. The van der Waals surface area contributed by atoms with E-state index in [1.165, 1.54) is 0 Å². The Labute approximate surface area is 125 Å². The van der Waals surface area contributed by atoms with Gasteiger partial charge in [0.1, 0.15) is 0 Å². The molecular formula is C12H26FO7P. The van der Waals surface area contributed by atoms with Crippen LogP contribution in [0.15, 0.2) is 0 Å². The lowest BCUT2D eigenvalue weighted by Gasteiger charge is -2.16. The van der Waals surface area contributed by atoms with E-state index in [0.717, 1.165) is 14.2 Å². The second-order valence-corrected chi connectivity index (χ2v) is 4.99. The summed E-state index contributed by atoms with van der Waals surface area (Å²) in [5.74, 6) is -3.58. The fourth-order valence-electron chi connectivity index (χ4n) is 1.17. The molecule has 9 heteroatoms. The van der Waals surface area contributed by atoms with Gasteiger partial charge in [0.05, 0.1) is 26.3 Å². The van der Waals surface area contributed by atoms with Gasteiger partial charge in [-0.2, -0.15) is 0 Å². The van der Waals surface area contributed by atoms with Gasteiger partial charge in [-0.3, -0.25) is 9.36 Å². The normalized spacial score (nSPS) is 12.6. The number of hydrogen-bond acceptors (Lipinski definition) is 5. The molecular weight excluding hydrogens is 306 g/mol. The maximum Gasteiger partial charge on any atom is 0.340 e. The van der Waals surface area contributed by atoms with Crippen LogP contribution in [0, 0.1) is 5.92 Å². The fraction of sp³-hybridized carbons (Fsp3) is 0.833. The molecule has 21 heavy (non-hydrogen) atoms. The zero-order valence-electron chi connectivity index (χ0n) is 13.3. The molecule has 0 saturated heterocycles. The van der Waals surface area contributed by atoms with E-state index in [0.29, 0.717) is 0 Å². The Morgan fingerprint density at radius 2 is 1.43 bits per heavy atom. The van der Waals surface area contributed by atoms with Crippen LogP contribution in [-0.4, -0.2) is 48.3 Å². The number of esters is 2. The lowest BCUT2D eigenvalue weighted by atomic mass is 10.0. The molecule has 0 spiro atoms. The summed E-state index contributed by atoms with van der Waals surface area (Å²) in [7, 11) is -2.54. The molecule has 128 valence electrons. The molecule has 0 fully saturated rings. The van der Waals surface area contributed by atoms with E-state index in [1.807, 2.05) is 27.7 Å². The quantitative estimate of drug-likeness (QED) is 0.564. The van der Waals surface area contributed by atoms with Crippen LogP contribution in [0.2, 0.25) is 0 Å². The van der Waals surface area contributed by atoms with Gasteiger partial charge in [0.25, 0.3) is 0 Å². The summed E-state index contributed by atoms with van der Waals surface area (Å²) in [6.45, 7) is 8.00. The first kappa shape index (κ1) is 25.0. The van der Waals surface area contributed by atoms with Crippen LogP contribution in [0.4, 0.5) is 4.39 Å². The summed E-state index contributed by atoms with van der Waals surface area (Å²) in [5, 5.41) is 0. The van der Waals surface area contributed by atoms with Crippen LogP contribution >= 0.6 is 7.60 Å². The Bertz CT molecular complexity index is 330. The minimum Gasteiger partial charge on any atom is -0.469 e. The number of carbonyl (C=O) groups is 2. The summed E-state index contributed by atoms with van der Waals surface area (Å²) in [6.07, 6.45) is -3.70. The van der Waals surface area contributed by atoms with Gasteiger partial charge in [0, 0.05) is 6.42 Å². The lowest BCUT2D eigenvalue weighted by Crippen LogP contribution is -2.28. The first-order chi connectivity index (χ1) is 9.71. The lowest BCUT2D eigenvalue weighted by molar-refractivity contribution is -0.150. The SMILES string of the molecule is CC.CC.COC(=O)C(F)CC(CP(=O)(O)O)C(=O)OC. The van der Waals surface area contributed by atoms with Gasteiger partial charge in [-0.1, -0.05) is 27.7 Å². The summed E-state index contributed by atoms with van der Waals surface area (Å²) in [6, 6.07) is 0. The topological polar surface area (TPSA) is 110 Å². The number of halogens is 1. The molecule has 0 radical (unpaired) electrons. The molecule has 0 saturated carbocycles. The Morgan fingerprint density at radius 3 is 1.71 bits per heavy atom. The summed E-state index contributed by atoms with van der Waals surface area (Å²) >= 11 is 0. The highest BCUT2D eigenvalue weighted by atomic mass is 31.2. The fourth-order valence-corrected chi connectivity index (χ4v) is 2.05. The van der Waals surface area contributed by atoms with E-state index in [4.69, 9.17) is 9.79 Å².